The van der Waals surface area contributed by atoms with Crippen molar-refractivity contribution in [2.24, 2.45) is 5.92 Å². The number of rotatable bonds is 7. The van der Waals surface area contributed by atoms with Crippen LogP contribution in [0.4, 0.5) is 10.5 Å². The third-order valence-electron chi connectivity index (χ3n) is 6.20. The standard InChI is InChI=1S/C26H32N4O/c1-20-19-25(23-9-5-6-10-24(23)28-20)29-26(31)27-15-18-30-16-13-22(14-17-30)12-11-21-7-3-2-4-8-21/h2-10,19,22H,11-18H2,1H3,(H2,27,28,29,31). The summed E-state index contributed by atoms with van der Waals surface area (Å²) in [6.45, 7) is 5.74. The molecule has 2 amide bonds. The van der Waals surface area contributed by atoms with Gasteiger partial charge in [0.1, 0.15) is 0 Å². The van der Waals surface area contributed by atoms with Gasteiger partial charge in [-0.25, -0.2) is 4.79 Å². The van der Waals surface area contributed by atoms with Gasteiger partial charge in [0.2, 0.25) is 0 Å². The van der Waals surface area contributed by atoms with Crippen LogP contribution in [0.25, 0.3) is 10.9 Å². The van der Waals surface area contributed by atoms with Gasteiger partial charge in [-0.3, -0.25) is 4.98 Å². The Hall–Kier alpha value is -2.92. The van der Waals surface area contributed by atoms with Gasteiger partial charge in [0.25, 0.3) is 0 Å². The summed E-state index contributed by atoms with van der Waals surface area (Å²) in [7, 11) is 0. The molecule has 162 valence electrons. The molecule has 0 spiro atoms. The Bertz CT molecular complexity index is 997. The van der Waals surface area contributed by atoms with Crippen LogP contribution in [0.2, 0.25) is 0 Å². The highest BCUT2D eigenvalue weighted by Gasteiger charge is 2.19. The fourth-order valence-electron chi connectivity index (χ4n) is 4.42. The highest BCUT2D eigenvalue weighted by molar-refractivity contribution is 6.00. The van der Waals surface area contributed by atoms with Gasteiger partial charge >= 0.3 is 6.03 Å². The van der Waals surface area contributed by atoms with Crippen LogP contribution in [0.5, 0.6) is 0 Å². The lowest BCUT2D eigenvalue weighted by Gasteiger charge is -2.32. The zero-order chi connectivity index (χ0) is 21.5. The molecule has 31 heavy (non-hydrogen) atoms. The average molecular weight is 417 g/mol. The first-order chi connectivity index (χ1) is 15.2. The van der Waals surface area contributed by atoms with Gasteiger partial charge in [-0.1, -0.05) is 48.5 Å². The monoisotopic (exact) mass is 416 g/mol. The molecule has 0 bridgehead atoms. The smallest absolute Gasteiger partial charge is 0.319 e. The van der Waals surface area contributed by atoms with E-state index < -0.39 is 0 Å². The number of carbonyl (C=O) groups excluding carboxylic acids is 1. The number of nitrogens with one attached hydrogen (secondary N) is 2. The van der Waals surface area contributed by atoms with E-state index in [-0.39, 0.29) is 6.03 Å². The second-order valence-electron chi connectivity index (χ2n) is 8.52. The first-order valence-electron chi connectivity index (χ1n) is 11.3. The first kappa shape index (κ1) is 21.3. The maximum absolute atomic E-state index is 12.4. The first-order valence-corrected chi connectivity index (χ1v) is 11.3. The molecule has 3 aromatic rings. The summed E-state index contributed by atoms with van der Waals surface area (Å²) in [6, 6.07) is 20.4. The van der Waals surface area contributed by atoms with Gasteiger partial charge in [-0.05, 0) is 69.3 Å². The summed E-state index contributed by atoms with van der Waals surface area (Å²) >= 11 is 0. The minimum Gasteiger partial charge on any atom is -0.337 e. The Morgan fingerprint density at radius 1 is 1.06 bits per heavy atom. The van der Waals surface area contributed by atoms with E-state index >= 15 is 0 Å². The van der Waals surface area contributed by atoms with Crippen LogP contribution in [-0.4, -0.2) is 42.1 Å². The van der Waals surface area contributed by atoms with E-state index in [1.807, 2.05) is 37.3 Å². The molecule has 2 N–H and O–H groups in total. The average Bonchev–Trinajstić information content (AvgIpc) is 2.79. The molecule has 2 heterocycles. The molecule has 1 aliphatic heterocycles. The maximum Gasteiger partial charge on any atom is 0.319 e. The normalized spacial score (nSPS) is 15.1. The highest BCUT2D eigenvalue weighted by atomic mass is 16.2. The molecule has 0 radical (unpaired) electrons. The molecule has 1 saturated heterocycles. The quantitative estimate of drug-likeness (QED) is 0.569. The lowest BCUT2D eigenvalue weighted by atomic mass is 9.90. The molecule has 4 rings (SSSR count). The van der Waals surface area contributed by atoms with Crippen molar-refractivity contribution in [3.05, 3.63) is 71.9 Å². The van der Waals surface area contributed by atoms with Crippen LogP contribution in [-0.2, 0) is 6.42 Å². The number of aryl methyl sites for hydroxylation is 2. The van der Waals surface area contributed by atoms with Crippen LogP contribution in [0.3, 0.4) is 0 Å². The second kappa shape index (κ2) is 10.4. The fourth-order valence-corrected chi connectivity index (χ4v) is 4.42. The van der Waals surface area contributed by atoms with Crippen molar-refractivity contribution in [1.29, 1.82) is 0 Å². The van der Waals surface area contributed by atoms with Gasteiger partial charge in [-0.2, -0.15) is 0 Å². The number of urea groups is 1. The van der Waals surface area contributed by atoms with Crippen LogP contribution in [0.15, 0.2) is 60.7 Å². The predicted molar refractivity (Wildman–Crippen MR) is 127 cm³/mol. The summed E-state index contributed by atoms with van der Waals surface area (Å²) < 4.78 is 0. The number of fused-ring (bicyclic) bond motifs is 1. The minimum absolute atomic E-state index is 0.159. The number of para-hydroxylation sites is 1. The van der Waals surface area contributed by atoms with E-state index in [0.29, 0.717) is 6.54 Å². The molecular formula is C26H32N4O. The summed E-state index contributed by atoms with van der Waals surface area (Å²) in [4.78, 5) is 19.4. The summed E-state index contributed by atoms with van der Waals surface area (Å²) in [5.74, 6) is 0.816. The van der Waals surface area contributed by atoms with Crippen LogP contribution < -0.4 is 10.6 Å². The number of nitrogens with zero attached hydrogens (tertiary/aromatic N) is 2. The Labute approximate surface area is 184 Å². The number of amides is 2. The topological polar surface area (TPSA) is 57.3 Å². The largest absolute Gasteiger partial charge is 0.337 e. The Kier molecular flexibility index (Phi) is 7.15. The van der Waals surface area contributed by atoms with Gasteiger partial charge in [0, 0.05) is 24.2 Å². The Balaban J connectivity index is 1.17. The van der Waals surface area contributed by atoms with Crippen molar-refractivity contribution in [3.63, 3.8) is 0 Å². The molecule has 2 aromatic carbocycles. The van der Waals surface area contributed by atoms with E-state index in [9.17, 15) is 4.79 Å². The molecule has 5 nitrogen and oxygen atoms in total. The Morgan fingerprint density at radius 3 is 2.61 bits per heavy atom. The van der Waals surface area contributed by atoms with Crippen molar-refractivity contribution in [3.8, 4) is 0 Å². The minimum atomic E-state index is -0.159. The number of hydrogen-bond acceptors (Lipinski definition) is 3. The molecule has 0 aliphatic carbocycles. The zero-order valence-electron chi connectivity index (χ0n) is 18.3. The van der Waals surface area contributed by atoms with Crippen molar-refractivity contribution < 1.29 is 4.79 Å². The molecule has 0 atom stereocenters. The van der Waals surface area contributed by atoms with Crippen LogP contribution in [0.1, 0.15) is 30.5 Å². The van der Waals surface area contributed by atoms with Crippen LogP contribution >= 0.6 is 0 Å². The molecule has 0 unspecified atom stereocenters. The van der Waals surface area contributed by atoms with Gasteiger partial charge < -0.3 is 15.5 Å². The van der Waals surface area contributed by atoms with E-state index in [4.69, 9.17) is 0 Å². The van der Waals surface area contributed by atoms with Crippen LogP contribution in [0, 0.1) is 12.8 Å². The van der Waals surface area contributed by atoms with Gasteiger partial charge in [0.15, 0.2) is 0 Å². The second-order valence-corrected chi connectivity index (χ2v) is 8.52. The number of likely N-dealkylation sites (tertiary alicyclic amines) is 1. The molecule has 1 aliphatic rings. The van der Waals surface area contributed by atoms with E-state index in [1.165, 1.54) is 31.2 Å². The predicted octanol–water partition coefficient (Wildman–Crippen LogP) is 5.01. The van der Waals surface area contributed by atoms with Crippen molar-refractivity contribution >= 4 is 22.6 Å². The number of hydrogen-bond donors (Lipinski definition) is 2. The van der Waals surface area contributed by atoms with E-state index in [1.54, 1.807) is 0 Å². The molecule has 5 heteroatoms. The van der Waals surface area contributed by atoms with Crippen molar-refractivity contribution in [2.45, 2.75) is 32.6 Å². The van der Waals surface area contributed by atoms with Crippen molar-refractivity contribution in [1.82, 2.24) is 15.2 Å². The molecule has 1 fully saturated rings. The number of aromatic nitrogens is 1. The van der Waals surface area contributed by atoms with E-state index in [2.05, 4.69) is 50.8 Å². The fraction of sp³-hybridized carbons (Fsp3) is 0.385. The lowest BCUT2D eigenvalue weighted by molar-refractivity contribution is 0.180. The molecule has 1 aromatic heterocycles. The summed E-state index contributed by atoms with van der Waals surface area (Å²) in [5, 5.41) is 6.96. The SMILES string of the molecule is Cc1cc(NC(=O)NCCN2CCC(CCc3ccccc3)CC2)c2ccccc2n1. The van der Waals surface area contributed by atoms with E-state index in [0.717, 1.165) is 47.8 Å². The number of benzene rings is 2. The maximum atomic E-state index is 12.4. The third kappa shape index (κ3) is 6.05. The van der Waals surface area contributed by atoms with Gasteiger partial charge in [-0.15, -0.1) is 0 Å². The lowest BCUT2D eigenvalue weighted by Crippen LogP contribution is -2.40. The number of anilines is 1. The summed E-state index contributed by atoms with van der Waals surface area (Å²) in [6.07, 6.45) is 4.96. The Morgan fingerprint density at radius 2 is 1.81 bits per heavy atom. The van der Waals surface area contributed by atoms with Crippen molar-refractivity contribution in [2.75, 3.05) is 31.5 Å². The third-order valence-corrected chi connectivity index (χ3v) is 6.20. The number of carbonyl (C=O) groups is 1. The van der Waals surface area contributed by atoms with Gasteiger partial charge in [0.05, 0.1) is 11.2 Å². The summed E-state index contributed by atoms with van der Waals surface area (Å²) in [5.41, 5.74) is 4.04. The number of pyridine rings is 1. The molecule has 0 saturated carbocycles. The highest BCUT2D eigenvalue weighted by Crippen LogP contribution is 2.23. The zero-order valence-corrected chi connectivity index (χ0v) is 18.3. The molecular weight excluding hydrogens is 384 g/mol. The number of piperidine rings is 1.